The van der Waals surface area contributed by atoms with E-state index in [2.05, 4.69) is 20.5 Å². The maximum absolute atomic E-state index is 13.4. The molecule has 1 aliphatic rings. The van der Waals surface area contributed by atoms with Crippen molar-refractivity contribution < 1.29 is 9.18 Å². The number of fused-ring (bicyclic) bond motifs is 2. The summed E-state index contributed by atoms with van der Waals surface area (Å²) in [6.07, 6.45) is 0.831. The number of carbonyl (C=O) groups is 1. The fourth-order valence-electron chi connectivity index (χ4n) is 4.51. The zero-order chi connectivity index (χ0) is 23.5. The topological polar surface area (TPSA) is 57.3 Å². The van der Waals surface area contributed by atoms with E-state index in [9.17, 15) is 9.18 Å². The highest BCUT2D eigenvalue weighted by molar-refractivity contribution is 5.96. The normalized spacial score (nSPS) is 13.5. The van der Waals surface area contributed by atoms with E-state index in [1.165, 1.54) is 6.07 Å². The van der Waals surface area contributed by atoms with Crippen LogP contribution < -0.4 is 10.6 Å². The average Bonchev–Trinajstić information content (AvgIpc) is 2.84. The first-order valence-electron chi connectivity index (χ1n) is 11.6. The molecule has 0 saturated heterocycles. The number of hydrogen-bond acceptors (Lipinski definition) is 4. The molecule has 1 amide bonds. The summed E-state index contributed by atoms with van der Waals surface area (Å²) in [5, 5.41) is 7.52. The van der Waals surface area contributed by atoms with Crippen molar-refractivity contribution >= 4 is 28.2 Å². The Balaban J connectivity index is 1.20. The molecule has 0 saturated carbocycles. The van der Waals surface area contributed by atoms with E-state index in [0.29, 0.717) is 12.1 Å². The molecule has 5 nitrogen and oxygen atoms in total. The summed E-state index contributed by atoms with van der Waals surface area (Å²) in [4.78, 5) is 19.7. The van der Waals surface area contributed by atoms with Gasteiger partial charge in [0.05, 0.1) is 5.52 Å². The highest BCUT2D eigenvalue weighted by atomic mass is 19.1. The SMILES string of the molecule is Cc1cc(Nc2cccc(C(=O)NCCN3CCc4cc(F)ccc4C3)c2)c2ccccc2n1. The van der Waals surface area contributed by atoms with Crippen LogP contribution in [-0.4, -0.2) is 35.4 Å². The molecular weight excluding hydrogens is 427 g/mol. The Kier molecular flexibility index (Phi) is 6.23. The zero-order valence-electron chi connectivity index (χ0n) is 19.1. The minimum absolute atomic E-state index is 0.0982. The van der Waals surface area contributed by atoms with Crippen molar-refractivity contribution in [2.75, 3.05) is 25.0 Å². The number of amides is 1. The monoisotopic (exact) mass is 454 g/mol. The van der Waals surface area contributed by atoms with Crippen LogP contribution in [0.2, 0.25) is 0 Å². The molecule has 1 aromatic heterocycles. The van der Waals surface area contributed by atoms with Gasteiger partial charge in [0, 0.05) is 54.2 Å². The van der Waals surface area contributed by atoms with Crippen molar-refractivity contribution in [3.8, 4) is 0 Å². The van der Waals surface area contributed by atoms with Crippen LogP contribution in [0, 0.1) is 12.7 Å². The van der Waals surface area contributed by atoms with Gasteiger partial charge in [-0.25, -0.2) is 4.39 Å². The van der Waals surface area contributed by atoms with E-state index in [1.54, 1.807) is 6.07 Å². The Bertz CT molecular complexity index is 1350. The van der Waals surface area contributed by atoms with Crippen molar-refractivity contribution in [3.63, 3.8) is 0 Å². The summed E-state index contributed by atoms with van der Waals surface area (Å²) < 4.78 is 13.4. The van der Waals surface area contributed by atoms with Crippen LogP contribution >= 0.6 is 0 Å². The lowest BCUT2D eigenvalue weighted by molar-refractivity contribution is 0.0947. The van der Waals surface area contributed by atoms with E-state index >= 15 is 0 Å². The first-order valence-corrected chi connectivity index (χ1v) is 11.6. The smallest absolute Gasteiger partial charge is 0.251 e. The van der Waals surface area contributed by atoms with Crippen LogP contribution in [0.15, 0.2) is 72.8 Å². The van der Waals surface area contributed by atoms with E-state index in [1.807, 2.05) is 67.6 Å². The summed E-state index contributed by atoms with van der Waals surface area (Å²) in [6.45, 7) is 4.93. The molecule has 34 heavy (non-hydrogen) atoms. The van der Waals surface area contributed by atoms with E-state index in [0.717, 1.165) is 65.2 Å². The zero-order valence-corrected chi connectivity index (χ0v) is 19.1. The van der Waals surface area contributed by atoms with Crippen molar-refractivity contribution in [2.24, 2.45) is 0 Å². The van der Waals surface area contributed by atoms with Crippen molar-refractivity contribution in [1.29, 1.82) is 0 Å². The maximum Gasteiger partial charge on any atom is 0.251 e. The van der Waals surface area contributed by atoms with Gasteiger partial charge in [0.15, 0.2) is 0 Å². The number of hydrogen-bond donors (Lipinski definition) is 2. The van der Waals surface area contributed by atoms with Gasteiger partial charge in [0.1, 0.15) is 5.82 Å². The summed E-state index contributed by atoms with van der Waals surface area (Å²) >= 11 is 0. The molecule has 0 fully saturated rings. The molecule has 2 N–H and O–H groups in total. The quantitative estimate of drug-likeness (QED) is 0.420. The van der Waals surface area contributed by atoms with Gasteiger partial charge in [-0.3, -0.25) is 14.7 Å². The summed E-state index contributed by atoms with van der Waals surface area (Å²) in [5.74, 6) is -0.276. The second kappa shape index (κ2) is 9.61. The number of nitrogens with zero attached hydrogens (tertiary/aromatic N) is 2. The van der Waals surface area contributed by atoms with Crippen molar-refractivity contribution in [3.05, 3.63) is 101 Å². The fraction of sp³-hybridized carbons (Fsp3) is 0.214. The Morgan fingerprint density at radius 1 is 1.03 bits per heavy atom. The van der Waals surface area contributed by atoms with Crippen LogP contribution in [0.3, 0.4) is 0 Å². The molecule has 172 valence electrons. The predicted octanol–water partition coefficient (Wildman–Crippen LogP) is 5.21. The van der Waals surface area contributed by atoms with Gasteiger partial charge in [-0.05, 0) is 66.9 Å². The molecule has 0 unspecified atom stereocenters. The number of carbonyl (C=O) groups excluding carboxylic acids is 1. The van der Waals surface area contributed by atoms with E-state index in [-0.39, 0.29) is 11.7 Å². The number of rotatable bonds is 6. The van der Waals surface area contributed by atoms with Crippen LogP contribution in [0.4, 0.5) is 15.8 Å². The number of aromatic nitrogens is 1. The first-order chi connectivity index (χ1) is 16.5. The third-order valence-corrected chi connectivity index (χ3v) is 6.22. The second-order valence-corrected chi connectivity index (χ2v) is 8.73. The molecule has 0 bridgehead atoms. The average molecular weight is 455 g/mol. The number of para-hydroxylation sites is 1. The Hall–Kier alpha value is -3.77. The molecule has 3 aromatic carbocycles. The van der Waals surface area contributed by atoms with E-state index in [4.69, 9.17) is 0 Å². The summed E-state index contributed by atoms with van der Waals surface area (Å²) in [6, 6.07) is 22.6. The van der Waals surface area contributed by atoms with Crippen molar-refractivity contribution in [2.45, 2.75) is 19.9 Å². The lowest BCUT2D eigenvalue weighted by atomic mass is 10.00. The maximum atomic E-state index is 13.4. The first kappa shape index (κ1) is 22.0. The van der Waals surface area contributed by atoms with Gasteiger partial charge >= 0.3 is 0 Å². The molecule has 2 heterocycles. The Morgan fingerprint density at radius 3 is 2.82 bits per heavy atom. The summed E-state index contributed by atoms with van der Waals surface area (Å²) in [5.41, 5.74) is 6.54. The predicted molar refractivity (Wildman–Crippen MR) is 134 cm³/mol. The molecule has 0 spiro atoms. The Morgan fingerprint density at radius 2 is 1.91 bits per heavy atom. The molecule has 0 aliphatic carbocycles. The van der Waals surface area contributed by atoms with Gasteiger partial charge < -0.3 is 10.6 Å². The third kappa shape index (κ3) is 4.92. The Labute approximate surface area is 198 Å². The van der Waals surface area contributed by atoms with E-state index < -0.39 is 0 Å². The molecule has 6 heteroatoms. The van der Waals surface area contributed by atoms with Gasteiger partial charge in [-0.2, -0.15) is 0 Å². The third-order valence-electron chi connectivity index (χ3n) is 6.22. The molecule has 4 aromatic rings. The number of anilines is 2. The highest BCUT2D eigenvalue weighted by Gasteiger charge is 2.17. The molecular formula is C28H27FN4O. The van der Waals surface area contributed by atoms with Gasteiger partial charge in [0.25, 0.3) is 5.91 Å². The lowest BCUT2D eigenvalue weighted by Gasteiger charge is -2.28. The summed E-state index contributed by atoms with van der Waals surface area (Å²) in [7, 11) is 0. The molecule has 0 atom stereocenters. The minimum Gasteiger partial charge on any atom is -0.355 e. The number of pyridine rings is 1. The van der Waals surface area contributed by atoms with Gasteiger partial charge in [0.2, 0.25) is 0 Å². The van der Waals surface area contributed by atoms with Crippen LogP contribution in [0.1, 0.15) is 27.2 Å². The largest absolute Gasteiger partial charge is 0.355 e. The van der Waals surface area contributed by atoms with Crippen LogP contribution in [0.25, 0.3) is 10.9 Å². The van der Waals surface area contributed by atoms with Crippen LogP contribution in [-0.2, 0) is 13.0 Å². The lowest BCUT2D eigenvalue weighted by Crippen LogP contribution is -2.37. The fourth-order valence-corrected chi connectivity index (χ4v) is 4.51. The van der Waals surface area contributed by atoms with Crippen LogP contribution in [0.5, 0.6) is 0 Å². The van der Waals surface area contributed by atoms with Gasteiger partial charge in [-0.15, -0.1) is 0 Å². The standard InChI is InChI=1S/C28H27FN4O/c1-19-15-27(25-7-2-3-8-26(25)31-19)32-24-6-4-5-21(17-24)28(34)30-12-14-33-13-11-20-16-23(29)10-9-22(20)18-33/h2-10,15-17H,11-14,18H2,1H3,(H,30,34)(H,31,32). The minimum atomic E-state index is -0.177. The molecule has 5 rings (SSSR count). The molecule has 1 aliphatic heterocycles. The molecule has 0 radical (unpaired) electrons. The number of benzene rings is 3. The number of nitrogens with one attached hydrogen (secondary N) is 2. The second-order valence-electron chi connectivity index (χ2n) is 8.73. The number of halogens is 1. The number of aryl methyl sites for hydroxylation is 1. The highest BCUT2D eigenvalue weighted by Crippen LogP contribution is 2.27. The van der Waals surface area contributed by atoms with Gasteiger partial charge in [-0.1, -0.05) is 30.3 Å². The van der Waals surface area contributed by atoms with Crippen molar-refractivity contribution in [1.82, 2.24) is 15.2 Å².